The molecule has 1 aromatic rings. The van der Waals surface area contributed by atoms with Crippen LogP contribution in [0.2, 0.25) is 0 Å². The first-order chi connectivity index (χ1) is 8.24. The lowest BCUT2D eigenvalue weighted by molar-refractivity contribution is 0.259. The van der Waals surface area contributed by atoms with Gasteiger partial charge in [0.2, 0.25) is 0 Å². The Bertz CT molecular complexity index is 392. The van der Waals surface area contributed by atoms with Crippen LogP contribution in [0.4, 0.5) is 0 Å². The molecule has 3 unspecified atom stereocenters. The van der Waals surface area contributed by atoms with Crippen LogP contribution in [-0.4, -0.2) is 33.6 Å². The number of nitrogens with two attached hydrogens (primary N) is 1. The van der Waals surface area contributed by atoms with Gasteiger partial charge in [0.15, 0.2) is 0 Å². The standard InChI is InChI=1S/C13H22N4.ClH/c1-16-6-5-15-13(16)9-17-7-10-3-2-4-12(14)11(10)8-17;/h5-6,10-12H,2-4,7-9,14H2,1H3;1H. The maximum atomic E-state index is 6.24. The SMILES string of the molecule is Cl.Cn1ccnc1CN1CC2CCCC(N)C2C1. The number of aromatic nitrogens is 2. The average molecular weight is 271 g/mol. The Morgan fingerprint density at radius 1 is 1.39 bits per heavy atom. The number of fused-ring (bicyclic) bond motifs is 1. The molecule has 3 rings (SSSR count). The number of likely N-dealkylation sites (tertiary alicyclic amines) is 1. The summed E-state index contributed by atoms with van der Waals surface area (Å²) in [5.41, 5.74) is 6.24. The van der Waals surface area contributed by atoms with Crippen LogP contribution in [0.3, 0.4) is 0 Å². The van der Waals surface area contributed by atoms with Gasteiger partial charge in [-0.3, -0.25) is 4.90 Å². The summed E-state index contributed by atoms with van der Waals surface area (Å²) in [4.78, 5) is 6.94. The molecule has 0 spiro atoms. The van der Waals surface area contributed by atoms with E-state index in [1.807, 2.05) is 12.4 Å². The van der Waals surface area contributed by atoms with Crippen LogP contribution >= 0.6 is 12.4 Å². The minimum atomic E-state index is 0. The average Bonchev–Trinajstić information content (AvgIpc) is 2.87. The van der Waals surface area contributed by atoms with Crippen molar-refractivity contribution in [2.75, 3.05) is 13.1 Å². The van der Waals surface area contributed by atoms with E-state index in [1.165, 1.54) is 32.4 Å². The molecule has 1 aliphatic carbocycles. The highest BCUT2D eigenvalue weighted by Gasteiger charge is 2.38. The Hall–Kier alpha value is -0.580. The van der Waals surface area contributed by atoms with Gasteiger partial charge in [0.25, 0.3) is 0 Å². The van der Waals surface area contributed by atoms with Crippen molar-refractivity contribution < 1.29 is 0 Å². The predicted octanol–water partition coefficient (Wildman–Crippen LogP) is 1.40. The van der Waals surface area contributed by atoms with Gasteiger partial charge in [-0.2, -0.15) is 0 Å². The van der Waals surface area contributed by atoms with Gasteiger partial charge in [-0.1, -0.05) is 6.42 Å². The van der Waals surface area contributed by atoms with Crippen molar-refractivity contribution >= 4 is 12.4 Å². The third-order valence-corrected chi connectivity index (χ3v) is 4.52. The molecule has 1 aliphatic heterocycles. The van der Waals surface area contributed by atoms with Gasteiger partial charge in [0.05, 0.1) is 6.54 Å². The molecule has 0 amide bonds. The zero-order valence-electron chi connectivity index (χ0n) is 11.0. The van der Waals surface area contributed by atoms with E-state index in [0.717, 1.165) is 24.2 Å². The smallest absolute Gasteiger partial charge is 0.122 e. The van der Waals surface area contributed by atoms with Gasteiger partial charge in [-0.15, -0.1) is 12.4 Å². The number of hydrogen-bond donors (Lipinski definition) is 1. The molecular formula is C13H23ClN4. The van der Waals surface area contributed by atoms with Crippen molar-refractivity contribution in [1.82, 2.24) is 14.5 Å². The fraction of sp³-hybridized carbons (Fsp3) is 0.769. The molecule has 3 atom stereocenters. The first-order valence-electron chi connectivity index (χ1n) is 6.68. The first kappa shape index (κ1) is 13.8. The highest BCUT2D eigenvalue weighted by Crippen LogP contribution is 2.35. The summed E-state index contributed by atoms with van der Waals surface area (Å²) in [5.74, 6) is 2.72. The minimum absolute atomic E-state index is 0. The van der Waals surface area contributed by atoms with Crippen LogP contribution in [-0.2, 0) is 13.6 Å². The van der Waals surface area contributed by atoms with Crippen LogP contribution in [0.25, 0.3) is 0 Å². The zero-order valence-corrected chi connectivity index (χ0v) is 11.8. The van der Waals surface area contributed by atoms with Crippen LogP contribution in [0.5, 0.6) is 0 Å². The van der Waals surface area contributed by atoms with Crippen molar-refractivity contribution in [2.45, 2.75) is 31.8 Å². The van der Waals surface area contributed by atoms with E-state index in [9.17, 15) is 0 Å². The van der Waals surface area contributed by atoms with Crippen molar-refractivity contribution in [3.8, 4) is 0 Å². The Balaban J connectivity index is 0.00000120. The van der Waals surface area contributed by atoms with Gasteiger partial charge in [-0.25, -0.2) is 4.98 Å². The highest BCUT2D eigenvalue weighted by atomic mass is 35.5. The van der Waals surface area contributed by atoms with Crippen molar-refractivity contribution in [1.29, 1.82) is 0 Å². The summed E-state index contributed by atoms with van der Waals surface area (Å²) in [6.07, 6.45) is 7.81. The summed E-state index contributed by atoms with van der Waals surface area (Å²) in [5, 5.41) is 0. The van der Waals surface area contributed by atoms with E-state index >= 15 is 0 Å². The zero-order chi connectivity index (χ0) is 11.8. The molecular weight excluding hydrogens is 248 g/mol. The molecule has 0 radical (unpaired) electrons. The third-order valence-electron chi connectivity index (χ3n) is 4.52. The highest BCUT2D eigenvalue weighted by molar-refractivity contribution is 5.85. The summed E-state index contributed by atoms with van der Waals surface area (Å²) in [6, 6.07) is 0.431. The molecule has 1 saturated carbocycles. The third kappa shape index (κ3) is 2.56. The summed E-state index contributed by atoms with van der Waals surface area (Å²) in [6.45, 7) is 3.35. The topological polar surface area (TPSA) is 47.1 Å². The van der Waals surface area contributed by atoms with E-state index in [4.69, 9.17) is 5.73 Å². The summed E-state index contributed by atoms with van der Waals surface area (Å²) in [7, 11) is 2.07. The normalized spacial score (nSPS) is 32.0. The van der Waals surface area contributed by atoms with Gasteiger partial charge in [-0.05, 0) is 24.7 Å². The van der Waals surface area contributed by atoms with E-state index in [0.29, 0.717) is 6.04 Å². The van der Waals surface area contributed by atoms with E-state index in [2.05, 4.69) is 21.5 Å². The lowest BCUT2D eigenvalue weighted by Crippen LogP contribution is -2.38. The molecule has 2 N–H and O–H groups in total. The van der Waals surface area contributed by atoms with Gasteiger partial charge < -0.3 is 10.3 Å². The second-order valence-corrected chi connectivity index (χ2v) is 5.67. The van der Waals surface area contributed by atoms with Crippen LogP contribution in [0.15, 0.2) is 12.4 Å². The molecule has 4 nitrogen and oxygen atoms in total. The van der Waals surface area contributed by atoms with Crippen LogP contribution in [0.1, 0.15) is 25.1 Å². The second kappa shape index (κ2) is 5.59. The molecule has 18 heavy (non-hydrogen) atoms. The number of imidazole rings is 1. The van der Waals surface area contributed by atoms with Crippen molar-refractivity contribution in [3.05, 3.63) is 18.2 Å². The molecule has 1 aromatic heterocycles. The molecule has 0 bridgehead atoms. The molecule has 102 valence electrons. The van der Waals surface area contributed by atoms with Crippen LogP contribution < -0.4 is 5.73 Å². The lowest BCUT2D eigenvalue weighted by Gasteiger charge is -2.29. The number of rotatable bonds is 2. The minimum Gasteiger partial charge on any atom is -0.337 e. The van der Waals surface area contributed by atoms with Crippen molar-refractivity contribution in [3.63, 3.8) is 0 Å². The first-order valence-corrected chi connectivity index (χ1v) is 6.68. The molecule has 2 aliphatic rings. The number of aryl methyl sites for hydroxylation is 1. The van der Waals surface area contributed by atoms with E-state index in [1.54, 1.807) is 0 Å². The lowest BCUT2D eigenvalue weighted by atomic mass is 9.78. The Labute approximate surface area is 115 Å². The fourth-order valence-corrected chi connectivity index (χ4v) is 3.49. The van der Waals surface area contributed by atoms with Gasteiger partial charge >= 0.3 is 0 Å². The molecule has 1 saturated heterocycles. The molecule has 0 aromatic carbocycles. The number of nitrogens with zero attached hydrogens (tertiary/aromatic N) is 3. The quantitative estimate of drug-likeness (QED) is 0.884. The van der Waals surface area contributed by atoms with Crippen molar-refractivity contribution in [2.24, 2.45) is 24.6 Å². The fourth-order valence-electron chi connectivity index (χ4n) is 3.49. The maximum Gasteiger partial charge on any atom is 0.122 e. The van der Waals surface area contributed by atoms with Gasteiger partial charge in [0.1, 0.15) is 5.82 Å². The van der Waals surface area contributed by atoms with E-state index < -0.39 is 0 Å². The Morgan fingerprint density at radius 2 is 2.22 bits per heavy atom. The Kier molecular flexibility index (Phi) is 4.30. The molecule has 2 heterocycles. The number of halogens is 1. The predicted molar refractivity (Wildman–Crippen MR) is 74.5 cm³/mol. The Morgan fingerprint density at radius 3 is 2.89 bits per heavy atom. The second-order valence-electron chi connectivity index (χ2n) is 5.67. The largest absolute Gasteiger partial charge is 0.337 e. The van der Waals surface area contributed by atoms with E-state index in [-0.39, 0.29) is 12.4 Å². The summed E-state index contributed by atoms with van der Waals surface area (Å²) >= 11 is 0. The number of hydrogen-bond acceptors (Lipinski definition) is 3. The monoisotopic (exact) mass is 270 g/mol. The molecule has 5 heteroatoms. The molecule has 2 fully saturated rings. The maximum absolute atomic E-state index is 6.24. The van der Waals surface area contributed by atoms with Gasteiger partial charge in [0, 0.05) is 38.6 Å². The van der Waals surface area contributed by atoms with Crippen LogP contribution in [0, 0.1) is 11.8 Å². The summed E-state index contributed by atoms with van der Waals surface area (Å²) < 4.78 is 2.11.